The monoisotopic (exact) mass is 268 g/mol. The van der Waals surface area contributed by atoms with Crippen molar-refractivity contribution in [2.24, 2.45) is 5.92 Å². The zero-order valence-corrected chi connectivity index (χ0v) is 11.6. The lowest BCUT2D eigenvalue weighted by molar-refractivity contribution is -0.141. The Morgan fingerprint density at radius 3 is 2.53 bits per heavy atom. The molecule has 1 aromatic rings. The summed E-state index contributed by atoms with van der Waals surface area (Å²) in [4.78, 5) is 26.5. The van der Waals surface area contributed by atoms with E-state index in [2.05, 4.69) is 20.5 Å². The fourth-order valence-corrected chi connectivity index (χ4v) is 1.30. The number of carbonyl (C=O) groups excluding carboxylic acids is 1. The molecule has 106 valence electrons. The average Bonchev–Trinajstić information content (AvgIpc) is 2.77. The SMILES string of the molecule is CC(CCNC(=O)c1n[nH]c(C(C)(C)C)n1)C(=O)O. The summed E-state index contributed by atoms with van der Waals surface area (Å²) in [6.45, 7) is 7.77. The van der Waals surface area contributed by atoms with E-state index >= 15 is 0 Å². The van der Waals surface area contributed by atoms with Gasteiger partial charge in [0.05, 0.1) is 5.92 Å². The van der Waals surface area contributed by atoms with Crippen molar-refractivity contribution in [3.63, 3.8) is 0 Å². The highest BCUT2D eigenvalue weighted by Crippen LogP contribution is 2.17. The number of carboxylic acids is 1. The molecule has 19 heavy (non-hydrogen) atoms. The van der Waals surface area contributed by atoms with Gasteiger partial charge in [-0.3, -0.25) is 14.7 Å². The third-order valence-corrected chi connectivity index (χ3v) is 2.68. The minimum atomic E-state index is -0.873. The minimum absolute atomic E-state index is 0.0768. The number of H-pyrrole nitrogens is 1. The predicted molar refractivity (Wildman–Crippen MR) is 68.8 cm³/mol. The Balaban J connectivity index is 2.51. The molecule has 0 saturated carbocycles. The molecular weight excluding hydrogens is 248 g/mol. The number of aliphatic carboxylic acids is 1. The number of aromatic nitrogens is 3. The zero-order chi connectivity index (χ0) is 14.6. The smallest absolute Gasteiger partial charge is 0.306 e. The summed E-state index contributed by atoms with van der Waals surface area (Å²) in [7, 11) is 0. The second-order valence-corrected chi connectivity index (χ2v) is 5.54. The van der Waals surface area contributed by atoms with Crippen LogP contribution in [0, 0.1) is 5.92 Å². The first-order valence-electron chi connectivity index (χ1n) is 6.15. The van der Waals surface area contributed by atoms with Crippen molar-refractivity contribution < 1.29 is 14.7 Å². The number of aromatic amines is 1. The first kappa shape index (κ1) is 15.1. The molecule has 0 aliphatic carbocycles. The van der Waals surface area contributed by atoms with Gasteiger partial charge in [0.1, 0.15) is 5.82 Å². The van der Waals surface area contributed by atoms with E-state index in [1.54, 1.807) is 6.92 Å². The topological polar surface area (TPSA) is 108 Å². The van der Waals surface area contributed by atoms with E-state index in [1.165, 1.54) is 0 Å². The van der Waals surface area contributed by atoms with Gasteiger partial charge < -0.3 is 10.4 Å². The van der Waals surface area contributed by atoms with Gasteiger partial charge in [0, 0.05) is 12.0 Å². The third kappa shape index (κ3) is 4.35. The lowest BCUT2D eigenvalue weighted by atomic mass is 9.96. The lowest BCUT2D eigenvalue weighted by Gasteiger charge is -2.12. The molecule has 1 amide bonds. The Bertz CT molecular complexity index is 462. The number of hydrogen-bond acceptors (Lipinski definition) is 4. The van der Waals surface area contributed by atoms with Crippen LogP contribution in [0.25, 0.3) is 0 Å². The quantitative estimate of drug-likeness (QED) is 0.736. The first-order valence-corrected chi connectivity index (χ1v) is 6.15. The summed E-state index contributed by atoms with van der Waals surface area (Å²) in [5.74, 6) is -1.05. The lowest BCUT2D eigenvalue weighted by Crippen LogP contribution is -2.28. The number of carbonyl (C=O) groups is 2. The molecule has 7 nitrogen and oxygen atoms in total. The van der Waals surface area contributed by atoms with Gasteiger partial charge in [-0.25, -0.2) is 4.98 Å². The molecule has 3 N–H and O–H groups in total. The molecule has 1 unspecified atom stereocenters. The van der Waals surface area contributed by atoms with Crippen molar-refractivity contribution in [3.8, 4) is 0 Å². The van der Waals surface area contributed by atoms with Crippen molar-refractivity contribution >= 4 is 11.9 Å². The van der Waals surface area contributed by atoms with Gasteiger partial charge in [-0.1, -0.05) is 27.7 Å². The van der Waals surface area contributed by atoms with Crippen LogP contribution in [0.2, 0.25) is 0 Å². The van der Waals surface area contributed by atoms with Gasteiger partial charge in [-0.15, -0.1) is 5.10 Å². The van der Waals surface area contributed by atoms with Crippen LogP contribution in [0.3, 0.4) is 0 Å². The predicted octanol–water partition coefficient (Wildman–Crippen LogP) is 0.943. The van der Waals surface area contributed by atoms with Crippen LogP contribution >= 0.6 is 0 Å². The molecule has 7 heteroatoms. The molecule has 1 rings (SSSR count). The van der Waals surface area contributed by atoms with Crippen LogP contribution in [0.1, 0.15) is 50.6 Å². The molecule has 0 aromatic carbocycles. The van der Waals surface area contributed by atoms with Gasteiger partial charge in [0.2, 0.25) is 5.82 Å². The average molecular weight is 268 g/mol. The molecule has 0 radical (unpaired) electrons. The van der Waals surface area contributed by atoms with Gasteiger partial charge in [0.15, 0.2) is 0 Å². The maximum atomic E-state index is 11.7. The Hall–Kier alpha value is -1.92. The summed E-state index contributed by atoms with van der Waals surface area (Å²) in [6.07, 6.45) is 0.373. The highest BCUT2D eigenvalue weighted by Gasteiger charge is 2.21. The van der Waals surface area contributed by atoms with E-state index < -0.39 is 17.8 Å². The van der Waals surface area contributed by atoms with E-state index in [0.717, 1.165) is 0 Å². The van der Waals surface area contributed by atoms with E-state index in [4.69, 9.17) is 5.11 Å². The van der Waals surface area contributed by atoms with E-state index in [9.17, 15) is 9.59 Å². The Labute approximate surface area is 111 Å². The highest BCUT2D eigenvalue weighted by molar-refractivity contribution is 5.90. The Morgan fingerprint density at radius 1 is 1.42 bits per heavy atom. The van der Waals surface area contributed by atoms with Gasteiger partial charge in [-0.2, -0.15) is 0 Å². The number of nitrogens with zero attached hydrogens (tertiary/aromatic N) is 2. The Kier molecular flexibility index (Phi) is 4.63. The second kappa shape index (κ2) is 5.81. The molecule has 0 fully saturated rings. The van der Waals surface area contributed by atoms with Gasteiger partial charge in [-0.05, 0) is 6.42 Å². The summed E-state index contributed by atoms with van der Waals surface area (Å²) < 4.78 is 0. The molecule has 0 aliphatic heterocycles. The first-order chi connectivity index (χ1) is 8.71. The standard InChI is InChI=1S/C12H20N4O3/c1-7(10(18)19)5-6-13-9(17)8-14-11(16-15-8)12(2,3)4/h7H,5-6H2,1-4H3,(H,13,17)(H,18,19)(H,14,15,16). The number of rotatable bonds is 5. The van der Waals surface area contributed by atoms with Crippen LogP contribution in [-0.4, -0.2) is 38.7 Å². The maximum absolute atomic E-state index is 11.7. The zero-order valence-electron chi connectivity index (χ0n) is 11.6. The molecular formula is C12H20N4O3. The van der Waals surface area contributed by atoms with Crippen molar-refractivity contribution in [1.29, 1.82) is 0 Å². The molecule has 0 aliphatic rings. The number of nitrogens with one attached hydrogen (secondary N) is 2. The maximum Gasteiger partial charge on any atom is 0.306 e. The van der Waals surface area contributed by atoms with Gasteiger partial charge >= 0.3 is 5.97 Å². The number of carboxylic acid groups (broad SMARTS) is 1. The summed E-state index contributed by atoms with van der Waals surface area (Å²) in [5, 5.41) is 17.9. The number of amides is 1. The van der Waals surface area contributed by atoms with E-state index in [1.807, 2.05) is 20.8 Å². The van der Waals surface area contributed by atoms with Crippen molar-refractivity contribution in [3.05, 3.63) is 11.6 Å². The molecule has 0 spiro atoms. The third-order valence-electron chi connectivity index (χ3n) is 2.68. The fraction of sp³-hybridized carbons (Fsp3) is 0.667. The Morgan fingerprint density at radius 2 is 2.05 bits per heavy atom. The van der Waals surface area contributed by atoms with Crippen molar-refractivity contribution in [2.45, 2.75) is 39.5 Å². The largest absolute Gasteiger partial charge is 0.481 e. The second-order valence-electron chi connectivity index (χ2n) is 5.54. The number of hydrogen-bond donors (Lipinski definition) is 3. The molecule has 1 aromatic heterocycles. The van der Waals surface area contributed by atoms with Crippen molar-refractivity contribution in [1.82, 2.24) is 20.5 Å². The van der Waals surface area contributed by atoms with Crippen LogP contribution in [0.5, 0.6) is 0 Å². The van der Waals surface area contributed by atoms with Crippen LogP contribution < -0.4 is 5.32 Å². The molecule has 0 saturated heterocycles. The van der Waals surface area contributed by atoms with Crippen LogP contribution in [0.4, 0.5) is 0 Å². The minimum Gasteiger partial charge on any atom is -0.481 e. The summed E-state index contributed by atoms with van der Waals surface area (Å²) >= 11 is 0. The van der Waals surface area contributed by atoms with E-state index in [-0.39, 0.29) is 17.8 Å². The summed E-state index contributed by atoms with van der Waals surface area (Å²) in [5.41, 5.74) is -0.205. The summed E-state index contributed by atoms with van der Waals surface area (Å²) in [6, 6.07) is 0. The highest BCUT2D eigenvalue weighted by atomic mass is 16.4. The molecule has 1 atom stereocenters. The molecule has 1 heterocycles. The van der Waals surface area contributed by atoms with Crippen LogP contribution in [0.15, 0.2) is 0 Å². The fourth-order valence-electron chi connectivity index (χ4n) is 1.30. The normalized spacial score (nSPS) is 13.1. The van der Waals surface area contributed by atoms with Gasteiger partial charge in [0.25, 0.3) is 5.91 Å². The van der Waals surface area contributed by atoms with Crippen molar-refractivity contribution in [2.75, 3.05) is 6.54 Å². The molecule has 0 bridgehead atoms. The van der Waals surface area contributed by atoms with Crippen LogP contribution in [-0.2, 0) is 10.2 Å². The van der Waals surface area contributed by atoms with E-state index in [0.29, 0.717) is 12.2 Å².